The quantitative estimate of drug-likeness (QED) is 0.496. The van der Waals surface area contributed by atoms with Crippen molar-refractivity contribution < 1.29 is 9.53 Å². The Hall–Kier alpha value is -3.62. The summed E-state index contributed by atoms with van der Waals surface area (Å²) in [5, 5.41) is 13.4. The summed E-state index contributed by atoms with van der Waals surface area (Å²) in [6.45, 7) is 0.450. The van der Waals surface area contributed by atoms with Gasteiger partial charge in [0.2, 0.25) is 0 Å². The van der Waals surface area contributed by atoms with Crippen molar-refractivity contribution in [3.05, 3.63) is 100 Å². The van der Waals surface area contributed by atoms with E-state index in [2.05, 4.69) is 10.5 Å². The molecule has 3 rings (SSSR count). The molecule has 5 nitrogen and oxygen atoms in total. The first-order chi connectivity index (χ1) is 13.6. The predicted molar refractivity (Wildman–Crippen MR) is 108 cm³/mol. The number of carbonyl (C=O) groups is 1. The van der Waals surface area contributed by atoms with E-state index in [0.29, 0.717) is 22.8 Å². The van der Waals surface area contributed by atoms with Crippen molar-refractivity contribution in [1.29, 1.82) is 5.26 Å². The molecule has 138 valence electrons. The molecule has 1 amide bonds. The summed E-state index contributed by atoms with van der Waals surface area (Å²) in [5.74, 6) is 0.386. The highest BCUT2D eigenvalue weighted by atomic mass is 35.5. The van der Waals surface area contributed by atoms with Crippen LogP contribution in [0, 0.1) is 11.3 Å². The van der Waals surface area contributed by atoms with Gasteiger partial charge in [-0.15, -0.1) is 0 Å². The third kappa shape index (κ3) is 5.44. The molecule has 0 saturated heterocycles. The van der Waals surface area contributed by atoms with Crippen molar-refractivity contribution in [3.63, 3.8) is 0 Å². The van der Waals surface area contributed by atoms with Crippen LogP contribution in [0.3, 0.4) is 0 Å². The fourth-order valence-electron chi connectivity index (χ4n) is 2.32. The van der Waals surface area contributed by atoms with Crippen molar-refractivity contribution in [2.75, 3.05) is 0 Å². The third-order valence-electron chi connectivity index (χ3n) is 3.85. The predicted octanol–water partition coefficient (Wildman–Crippen LogP) is 4.55. The normalized spacial score (nSPS) is 10.4. The SMILES string of the molecule is N#Cc1ccc(C(=O)N/N=C/c2ccc(OCc3ccc(Cl)cc3)cc2)cc1. The van der Waals surface area contributed by atoms with Crippen LogP contribution in [0.1, 0.15) is 27.0 Å². The second kappa shape index (κ2) is 9.36. The highest BCUT2D eigenvalue weighted by Crippen LogP contribution is 2.15. The van der Waals surface area contributed by atoms with E-state index in [4.69, 9.17) is 21.6 Å². The van der Waals surface area contributed by atoms with E-state index in [9.17, 15) is 4.79 Å². The minimum absolute atomic E-state index is 0.344. The van der Waals surface area contributed by atoms with E-state index in [1.807, 2.05) is 54.6 Å². The van der Waals surface area contributed by atoms with Crippen LogP contribution in [0.2, 0.25) is 5.02 Å². The van der Waals surface area contributed by atoms with Gasteiger partial charge >= 0.3 is 0 Å². The van der Waals surface area contributed by atoms with E-state index < -0.39 is 0 Å². The molecule has 0 saturated carbocycles. The van der Waals surface area contributed by atoms with Crippen LogP contribution in [-0.2, 0) is 6.61 Å². The number of hydrazone groups is 1. The molecule has 0 unspecified atom stereocenters. The van der Waals surface area contributed by atoms with Crippen LogP contribution in [-0.4, -0.2) is 12.1 Å². The molecule has 0 bridgehead atoms. The van der Waals surface area contributed by atoms with E-state index in [-0.39, 0.29) is 5.91 Å². The number of carbonyl (C=O) groups excluding carboxylic acids is 1. The molecule has 0 fully saturated rings. The lowest BCUT2D eigenvalue weighted by Gasteiger charge is -2.06. The minimum Gasteiger partial charge on any atom is -0.489 e. The number of nitrogens with one attached hydrogen (secondary N) is 1. The number of ether oxygens (including phenoxy) is 1. The molecule has 3 aromatic carbocycles. The lowest BCUT2D eigenvalue weighted by atomic mass is 10.1. The molecule has 0 aliphatic carbocycles. The summed E-state index contributed by atoms with van der Waals surface area (Å²) >= 11 is 5.86. The largest absolute Gasteiger partial charge is 0.489 e. The van der Waals surface area contributed by atoms with Crippen LogP contribution >= 0.6 is 11.6 Å². The third-order valence-corrected chi connectivity index (χ3v) is 4.11. The number of rotatable bonds is 6. The number of hydrogen-bond acceptors (Lipinski definition) is 4. The fourth-order valence-corrected chi connectivity index (χ4v) is 2.45. The summed E-state index contributed by atoms with van der Waals surface area (Å²) in [6.07, 6.45) is 1.55. The maximum atomic E-state index is 12.0. The zero-order valence-corrected chi connectivity index (χ0v) is 15.6. The van der Waals surface area contributed by atoms with E-state index in [0.717, 1.165) is 16.9 Å². The summed E-state index contributed by atoms with van der Waals surface area (Å²) in [4.78, 5) is 12.0. The fraction of sp³-hybridized carbons (Fsp3) is 0.0455. The first-order valence-electron chi connectivity index (χ1n) is 8.45. The molecule has 0 aromatic heterocycles. The van der Waals surface area contributed by atoms with E-state index in [1.54, 1.807) is 30.5 Å². The van der Waals surface area contributed by atoms with Gasteiger partial charge in [-0.3, -0.25) is 4.79 Å². The topological polar surface area (TPSA) is 74.5 Å². The van der Waals surface area contributed by atoms with Gasteiger partial charge in [0, 0.05) is 10.6 Å². The molecule has 0 atom stereocenters. The molecule has 1 N–H and O–H groups in total. The smallest absolute Gasteiger partial charge is 0.271 e. The maximum absolute atomic E-state index is 12.0. The van der Waals surface area contributed by atoms with Crippen LogP contribution in [0.5, 0.6) is 5.75 Å². The summed E-state index contributed by atoms with van der Waals surface area (Å²) < 4.78 is 5.73. The number of halogens is 1. The van der Waals surface area contributed by atoms with Crippen LogP contribution in [0.4, 0.5) is 0 Å². The first kappa shape index (κ1) is 19.2. The van der Waals surface area contributed by atoms with Gasteiger partial charge in [-0.25, -0.2) is 5.43 Å². The highest BCUT2D eigenvalue weighted by Gasteiger charge is 2.03. The Morgan fingerprint density at radius 2 is 1.71 bits per heavy atom. The minimum atomic E-state index is -0.344. The summed E-state index contributed by atoms with van der Waals surface area (Å²) in [5.41, 5.74) is 5.23. The van der Waals surface area contributed by atoms with Crippen LogP contribution < -0.4 is 10.2 Å². The molecule has 6 heteroatoms. The van der Waals surface area contributed by atoms with Crippen molar-refractivity contribution in [3.8, 4) is 11.8 Å². The Kier molecular flexibility index (Phi) is 6.40. The monoisotopic (exact) mass is 389 g/mol. The first-order valence-corrected chi connectivity index (χ1v) is 8.83. The lowest BCUT2D eigenvalue weighted by molar-refractivity contribution is 0.0955. The molecular formula is C22H16ClN3O2. The van der Waals surface area contributed by atoms with Crippen molar-refractivity contribution in [2.45, 2.75) is 6.61 Å². The zero-order chi connectivity index (χ0) is 19.8. The average molecular weight is 390 g/mol. The molecule has 0 aliphatic rings. The number of nitrogens with zero attached hydrogens (tertiary/aromatic N) is 2. The van der Waals surface area contributed by atoms with Crippen LogP contribution in [0.25, 0.3) is 0 Å². The van der Waals surface area contributed by atoms with Crippen LogP contribution in [0.15, 0.2) is 77.9 Å². The van der Waals surface area contributed by atoms with Gasteiger partial charge in [-0.05, 0) is 71.8 Å². The summed E-state index contributed by atoms with van der Waals surface area (Å²) in [7, 11) is 0. The van der Waals surface area contributed by atoms with Crippen molar-refractivity contribution in [1.82, 2.24) is 5.43 Å². The zero-order valence-electron chi connectivity index (χ0n) is 14.8. The molecular weight excluding hydrogens is 374 g/mol. The second-order valence-electron chi connectivity index (χ2n) is 5.87. The average Bonchev–Trinajstić information content (AvgIpc) is 2.74. The van der Waals surface area contributed by atoms with Crippen molar-refractivity contribution >= 4 is 23.7 Å². The number of benzene rings is 3. The van der Waals surface area contributed by atoms with Gasteiger partial charge in [0.1, 0.15) is 12.4 Å². The van der Waals surface area contributed by atoms with Gasteiger partial charge in [-0.2, -0.15) is 10.4 Å². The second-order valence-corrected chi connectivity index (χ2v) is 6.31. The van der Waals surface area contributed by atoms with E-state index >= 15 is 0 Å². The van der Waals surface area contributed by atoms with Gasteiger partial charge in [0.25, 0.3) is 5.91 Å². The van der Waals surface area contributed by atoms with Gasteiger partial charge in [0.15, 0.2) is 0 Å². The highest BCUT2D eigenvalue weighted by molar-refractivity contribution is 6.30. The number of amides is 1. The number of nitriles is 1. The molecule has 28 heavy (non-hydrogen) atoms. The van der Waals surface area contributed by atoms with Gasteiger partial charge in [0.05, 0.1) is 17.8 Å². The van der Waals surface area contributed by atoms with E-state index in [1.165, 1.54) is 0 Å². The molecule has 0 aliphatic heterocycles. The Bertz CT molecular complexity index is 1010. The molecule has 0 spiro atoms. The number of hydrogen-bond donors (Lipinski definition) is 1. The van der Waals surface area contributed by atoms with Gasteiger partial charge in [-0.1, -0.05) is 23.7 Å². The molecule has 3 aromatic rings. The molecule has 0 heterocycles. The van der Waals surface area contributed by atoms with Gasteiger partial charge < -0.3 is 4.74 Å². The lowest BCUT2D eigenvalue weighted by Crippen LogP contribution is -2.17. The Morgan fingerprint density at radius 3 is 2.36 bits per heavy atom. The maximum Gasteiger partial charge on any atom is 0.271 e. The summed E-state index contributed by atoms with van der Waals surface area (Å²) in [6, 6.07) is 23.2. The Labute approximate surface area is 167 Å². The van der Waals surface area contributed by atoms with Crippen molar-refractivity contribution in [2.24, 2.45) is 5.10 Å². The molecule has 0 radical (unpaired) electrons. The Balaban J connectivity index is 1.51. The standard InChI is InChI=1S/C22H16ClN3O2/c23-20-9-3-18(4-10-20)15-28-21-11-5-17(6-12-21)14-25-26-22(27)19-7-1-16(13-24)2-8-19/h1-12,14H,15H2,(H,26,27)/b25-14+. The Morgan fingerprint density at radius 1 is 1.04 bits per heavy atom.